The summed E-state index contributed by atoms with van der Waals surface area (Å²) in [6.45, 7) is 2.72. The van der Waals surface area contributed by atoms with Crippen molar-refractivity contribution in [1.29, 1.82) is 0 Å². The van der Waals surface area contributed by atoms with E-state index < -0.39 is 30.3 Å². The van der Waals surface area contributed by atoms with Crippen molar-refractivity contribution in [3.63, 3.8) is 0 Å². The first-order chi connectivity index (χ1) is 12.8. The highest BCUT2D eigenvalue weighted by Gasteiger charge is 2.32. The van der Waals surface area contributed by atoms with Crippen LogP contribution in [0, 0.1) is 11.6 Å². The van der Waals surface area contributed by atoms with Crippen molar-refractivity contribution in [3.05, 3.63) is 51.4 Å². The number of nitrogens with zero attached hydrogens (tertiary/aromatic N) is 4. The van der Waals surface area contributed by atoms with Gasteiger partial charge in [-0.05, 0) is 19.0 Å². The number of hydrogen-bond donors (Lipinski definition) is 2. The van der Waals surface area contributed by atoms with Gasteiger partial charge >= 0.3 is 7.05 Å². The van der Waals surface area contributed by atoms with E-state index in [1.165, 1.54) is 6.20 Å². The Morgan fingerprint density at radius 1 is 1.30 bits per heavy atom. The second kappa shape index (κ2) is 7.93. The van der Waals surface area contributed by atoms with Crippen molar-refractivity contribution in [1.82, 2.24) is 14.6 Å². The number of aliphatic hydroxyl groups excluding tert-OH is 1. The van der Waals surface area contributed by atoms with E-state index in [1.54, 1.807) is 16.5 Å². The molecule has 0 spiro atoms. The van der Waals surface area contributed by atoms with Crippen LogP contribution in [-0.2, 0) is 0 Å². The average molecular weight is 399 g/mol. The first kappa shape index (κ1) is 19.7. The van der Waals surface area contributed by atoms with Crippen LogP contribution in [0.25, 0.3) is 5.69 Å². The van der Waals surface area contributed by atoms with Crippen LogP contribution in [-0.4, -0.2) is 64.1 Å². The number of rotatable bonds is 4. The predicted octanol–water partition coefficient (Wildman–Crippen LogP) is 0.757. The summed E-state index contributed by atoms with van der Waals surface area (Å²) in [6, 6.07) is 2.25. The molecular formula is C16H18BClF2N4O3. The second-order valence-corrected chi connectivity index (χ2v) is 6.72. The van der Waals surface area contributed by atoms with Crippen molar-refractivity contribution >= 4 is 24.3 Å². The Kier molecular flexibility index (Phi) is 5.80. The molecule has 0 saturated carbocycles. The van der Waals surface area contributed by atoms with Crippen LogP contribution in [0.2, 0.25) is 11.8 Å². The number of aliphatic hydroxyl groups is 1. The van der Waals surface area contributed by atoms with E-state index in [4.69, 9.17) is 11.6 Å². The number of hydrogen-bond acceptors (Lipinski definition) is 6. The van der Waals surface area contributed by atoms with Gasteiger partial charge in [-0.3, -0.25) is 4.79 Å². The van der Waals surface area contributed by atoms with Crippen molar-refractivity contribution < 1.29 is 18.9 Å². The predicted molar refractivity (Wildman–Crippen MR) is 98.4 cm³/mol. The average Bonchev–Trinajstić information content (AvgIpc) is 2.62. The first-order valence-electron chi connectivity index (χ1n) is 8.35. The molecule has 11 heteroatoms. The summed E-state index contributed by atoms with van der Waals surface area (Å²) >= 11 is 6.24. The van der Waals surface area contributed by atoms with E-state index in [-0.39, 0.29) is 17.3 Å². The maximum Gasteiger partial charge on any atom is 0.376 e. The van der Waals surface area contributed by atoms with Gasteiger partial charge in [0.25, 0.3) is 5.56 Å². The fraction of sp³-hybridized carbons (Fsp3) is 0.375. The van der Waals surface area contributed by atoms with Crippen molar-refractivity contribution in [2.45, 2.75) is 12.9 Å². The molecule has 2 N–H and O–H groups in total. The van der Waals surface area contributed by atoms with Gasteiger partial charge in [0.2, 0.25) is 0 Å². The molecule has 27 heavy (non-hydrogen) atoms. The van der Waals surface area contributed by atoms with Gasteiger partial charge in [-0.15, -0.1) is 0 Å². The summed E-state index contributed by atoms with van der Waals surface area (Å²) in [6.07, 6.45) is 1.33. The molecule has 0 radical (unpaired) electrons. The molecule has 2 aromatic rings. The summed E-state index contributed by atoms with van der Waals surface area (Å²) in [5.41, 5.74) is -0.489. The summed E-state index contributed by atoms with van der Waals surface area (Å²) in [5, 5.41) is 23.2. The summed E-state index contributed by atoms with van der Waals surface area (Å²) in [4.78, 5) is 16.1. The van der Waals surface area contributed by atoms with Gasteiger partial charge in [-0.25, -0.2) is 8.78 Å². The monoisotopic (exact) mass is 398 g/mol. The molecule has 0 amide bonds. The molecule has 1 aliphatic rings. The zero-order chi connectivity index (χ0) is 19.7. The zero-order valence-electron chi connectivity index (χ0n) is 14.5. The fourth-order valence-corrected chi connectivity index (χ4v) is 3.40. The first-order valence-corrected chi connectivity index (χ1v) is 8.73. The molecule has 3 rings (SSSR count). The normalized spacial score (nSPS) is 18.0. The molecule has 1 fully saturated rings. The highest BCUT2D eigenvalue weighted by Crippen LogP contribution is 2.26. The van der Waals surface area contributed by atoms with E-state index >= 15 is 0 Å². The Morgan fingerprint density at radius 3 is 2.56 bits per heavy atom. The minimum absolute atomic E-state index is 0.0800. The number of anilines is 1. The molecule has 1 saturated heterocycles. The van der Waals surface area contributed by atoms with Crippen LogP contribution < -0.4 is 10.5 Å². The van der Waals surface area contributed by atoms with Gasteiger partial charge < -0.3 is 19.8 Å². The molecule has 0 aliphatic carbocycles. The Hall–Kier alpha value is -2.01. The van der Waals surface area contributed by atoms with Gasteiger partial charge in [0.05, 0.1) is 30.2 Å². The number of aromatic nitrogens is 2. The topological polar surface area (TPSA) is 81.8 Å². The van der Waals surface area contributed by atoms with Crippen molar-refractivity contribution in [3.8, 4) is 5.69 Å². The Bertz CT molecular complexity index is 878. The zero-order valence-corrected chi connectivity index (χ0v) is 15.3. The van der Waals surface area contributed by atoms with Crippen LogP contribution in [0.1, 0.15) is 0 Å². The molecule has 2 heterocycles. The second-order valence-electron chi connectivity index (χ2n) is 6.34. The molecule has 1 aromatic carbocycles. The number of halogens is 3. The van der Waals surface area contributed by atoms with Crippen LogP contribution in [0.3, 0.4) is 0 Å². The standard InChI is InChI=1S/C16H18BClF2N4O3/c1-17(27)22-2-3-23(13(8-22)9-25)14-7-21-24(16(26)15(14)18)12-5-10(19)4-11(20)6-12/h4-7,13,25,27H,2-3,8-9H2,1H3. The summed E-state index contributed by atoms with van der Waals surface area (Å²) in [7, 11) is -0.661. The van der Waals surface area contributed by atoms with Crippen molar-refractivity contribution in [2.75, 3.05) is 31.1 Å². The molecular weight excluding hydrogens is 380 g/mol. The lowest BCUT2D eigenvalue weighted by molar-refractivity contribution is 0.208. The lowest BCUT2D eigenvalue weighted by atomic mass is 9.83. The van der Waals surface area contributed by atoms with Crippen LogP contribution in [0.15, 0.2) is 29.2 Å². The van der Waals surface area contributed by atoms with Crippen LogP contribution in [0.4, 0.5) is 14.5 Å². The van der Waals surface area contributed by atoms with Gasteiger partial charge in [-0.1, -0.05) is 11.6 Å². The third-order valence-electron chi connectivity index (χ3n) is 4.56. The van der Waals surface area contributed by atoms with E-state index in [0.717, 1.165) is 16.8 Å². The van der Waals surface area contributed by atoms with Gasteiger partial charge in [-0.2, -0.15) is 9.78 Å². The van der Waals surface area contributed by atoms with Gasteiger partial charge in [0.1, 0.15) is 16.7 Å². The molecule has 7 nitrogen and oxygen atoms in total. The summed E-state index contributed by atoms with van der Waals surface area (Å²) < 4.78 is 27.7. The third kappa shape index (κ3) is 3.98. The largest absolute Gasteiger partial charge is 0.437 e. The Morgan fingerprint density at radius 2 is 1.96 bits per heavy atom. The molecule has 1 atom stereocenters. The Labute approximate surface area is 159 Å². The molecule has 144 valence electrons. The van der Waals surface area contributed by atoms with E-state index in [0.29, 0.717) is 31.4 Å². The third-order valence-corrected chi connectivity index (χ3v) is 4.91. The van der Waals surface area contributed by atoms with E-state index in [1.807, 2.05) is 0 Å². The van der Waals surface area contributed by atoms with E-state index in [9.17, 15) is 23.7 Å². The molecule has 1 aliphatic heterocycles. The SMILES string of the molecule is CB(O)N1CCN(c2cnn(-c3cc(F)cc(F)c3)c(=O)c2Cl)C(CO)C1. The maximum absolute atomic E-state index is 13.4. The van der Waals surface area contributed by atoms with Gasteiger partial charge in [0.15, 0.2) is 0 Å². The molecule has 0 bridgehead atoms. The quantitative estimate of drug-likeness (QED) is 0.740. The van der Waals surface area contributed by atoms with Crippen molar-refractivity contribution in [2.24, 2.45) is 0 Å². The molecule has 1 unspecified atom stereocenters. The number of benzene rings is 1. The number of piperazine rings is 1. The Balaban J connectivity index is 1.97. The minimum atomic E-state index is -0.839. The molecule has 1 aromatic heterocycles. The lowest BCUT2D eigenvalue weighted by Gasteiger charge is -2.42. The highest BCUT2D eigenvalue weighted by atomic mass is 35.5. The maximum atomic E-state index is 13.4. The smallest absolute Gasteiger partial charge is 0.376 e. The van der Waals surface area contributed by atoms with Crippen LogP contribution in [0.5, 0.6) is 0 Å². The fourth-order valence-electron chi connectivity index (χ4n) is 3.16. The minimum Gasteiger partial charge on any atom is -0.437 e. The lowest BCUT2D eigenvalue weighted by Crippen LogP contribution is -2.58. The summed E-state index contributed by atoms with van der Waals surface area (Å²) in [5.74, 6) is -1.68. The van der Waals surface area contributed by atoms with Crippen LogP contribution >= 0.6 is 11.6 Å². The van der Waals surface area contributed by atoms with E-state index in [2.05, 4.69) is 5.10 Å². The van der Waals surface area contributed by atoms with Gasteiger partial charge in [0, 0.05) is 25.7 Å². The highest BCUT2D eigenvalue weighted by molar-refractivity contribution is 6.45.